The van der Waals surface area contributed by atoms with Gasteiger partial charge in [0.05, 0.1) is 0 Å². The molecular weight excluding hydrogens is 160 g/mol. The molecule has 66 valence electrons. The van der Waals surface area contributed by atoms with Crippen LogP contribution in [0, 0.1) is 18.3 Å². The molecule has 0 amide bonds. The molecule has 0 heterocycles. The van der Waals surface area contributed by atoms with E-state index in [0.29, 0.717) is 0 Å². The van der Waals surface area contributed by atoms with Gasteiger partial charge in [-0.1, -0.05) is 36.3 Å². The third-order valence-corrected chi connectivity index (χ3v) is 2.65. The topological polar surface area (TPSA) is 20.2 Å². The lowest BCUT2D eigenvalue weighted by atomic mass is 10.1. The Morgan fingerprint density at radius 1 is 1.46 bits per heavy atom. The summed E-state index contributed by atoms with van der Waals surface area (Å²) >= 11 is 0. The lowest BCUT2D eigenvalue weighted by molar-refractivity contribution is 0.192. The molecule has 1 nitrogen and oxygen atoms in total. The molecule has 1 aromatic rings. The van der Waals surface area contributed by atoms with Crippen LogP contribution in [0.25, 0.3) is 0 Å². The number of hydrogen-bond acceptors (Lipinski definition) is 1. The van der Waals surface area contributed by atoms with Gasteiger partial charge < -0.3 is 5.11 Å². The molecule has 0 aliphatic heterocycles. The number of terminal acetylenes is 1. The SMILES string of the molecule is C#C[C@@]1(O)C[C@H]1Cc1ccccc1. The highest BCUT2D eigenvalue weighted by molar-refractivity contribution is 5.26. The minimum absolute atomic E-state index is 0.264. The summed E-state index contributed by atoms with van der Waals surface area (Å²) in [6.07, 6.45) is 6.85. The number of benzene rings is 1. The van der Waals surface area contributed by atoms with Crippen molar-refractivity contribution in [2.24, 2.45) is 5.92 Å². The van der Waals surface area contributed by atoms with E-state index < -0.39 is 5.60 Å². The van der Waals surface area contributed by atoms with Crippen LogP contribution in [0.15, 0.2) is 30.3 Å². The van der Waals surface area contributed by atoms with Gasteiger partial charge in [0.25, 0.3) is 0 Å². The van der Waals surface area contributed by atoms with Gasteiger partial charge in [-0.2, -0.15) is 0 Å². The van der Waals surface area contributed by atoms with E-state index in [0.717, 1.165) is 12.8 Å². The lowest BCUT2D eigenvalue weighted by Gasteiger charge is -2.01. The Hall–Kier alpha value is -1.26. The van der Waals surface area contributed by atoms with Gasteiger partial charge in [-0.15, -0.1) is 6.42 Å². The van der Waals surface area contributed by atoms with Gasteiger partial charge in [-0.25, -0.2) is 0 Å². The van der Waals surface area contributed by atoms with E-state index in [2.05, 4.69) is 18.1 Å². The maximum absolute atomic E-state index is 9.62. The zero-order valence-corrected chi connectivity index (χ0v) is 7.40. The quantitative estimate of drug-likeness (QED) is 0.672. The van der Waals surface area contributed by atoms with E-state index in [-0.39, 0.29) is 5.92 Å². The third-order valence-electron chi connectivity index (χ3n) is 2.65. The van der Waals surface area contributed by atoms with E-state index >= 15 is 0 Å². The Morgan fingerprint density at radius 2 is 2.15 bits per heavy atom. The third kappa shape index (κ3) is 1.59. The maximum Gasteiger partial charge on any atom is 0.128 e. The minimum atomic E-state index is -0.810. The van der Waals surface area contributed by atoms with Crippen LogP contribution in [0.3, 0.4) is 0 Å². The molecule has 0 radical (unpaired) electrons. The van der Waals surface area contributed by atoms with Crippen LogP contribution in [0.5, 0.6) is 0 Å². The summed E-state index contributed by atoms with van der Waals surface area (Å²) in [7, 11) is 0. The second-order valence-electron chi connectivity index (χ2n) is 3.66. The van der Waals surface area contributed by atoms with Crippen molar-refractivity contribution in [3.05, 3.63) is 35.9 Å². The molecule has 1 N–H and O–H groups in total. The van der Waals surface area contributed by atoms with Crippen molar-refractivity contribution in [1.82, 2.24) is 0 Å². The highest BCUT2D eigenvalue weighted by atomic mass is 16.3. The maximum atomic E-state index is 9.62. The van der Waals surface area contributed by atoms with Gasteiger partial charge in [0, 0.05) is 5.92 Å². The predicted molar refractivity (Wildman–Crippen MR) is 52.0 cm³/mol. The highest BCUT2D eigenvalue weighted by Gasteiger charge is 2.51. The van der Waals surface area contributed by atoms with Gasteiger partial charge in [-0.05, 0) is 18.4 Å². The van der Waals surface area contributed by atoms with Crippen molar-refractivity contribution in [3.8, 4) is 12.3 Å². The van der Waals surface area contributed by atoms with Crippen LogP contribution >= 0.6 is 0 Å². The largest absolute Gasteiger partial charge is 0.377 e. The van der Waals surface area contributed by atoms with Crippen LogP contribution in [0.1, 0.15) is 12.0 Å². The smallest absolute Gasteiger partial charge is 0.128 e. The van der Waals surface area contributed by atoms with Crippen molar-refractivity contribution in [2.75, 3.05) is 0 Å². The summed E-state index contributed by atoms with van der Waals surface area (Å²) in [6, 6.07) is 10.1. The van der Waals surface area contributed by atoms with Crippen LogP contribution < -0.4 is 0 Å². The summed E-state index contributed by atoms with van der Waals surface area (Å²) in [6.45, 7) is 0. The molecule has 1 heteroatoms. The van der Waals surface area contributed by atoms with Crippen molar-refractivity contribution in [3.63, 3.8) is 0 Å². The van der Waals surface area contributed by atoms with E-state index in [1.807, 2.05) is 18.2 Å². The zero-order chi connectivity index (χ0) is 9.31. The minimum Gasteiger partial charge on any atom is -0.377 e. The first-order chi connectivity index (χ1) is 6.24. The van der Waals surface area contributed by atoms with Crippen molar-refractivity contribution in [1.29, 1.82) is 0 Å². The number of hydrogen-bond donors (Lipinski definition) is 1. The Balaban J connectivity index is 2.00. The van der Waals surface area contributed by atoms with Crippen molar-refractivity contribution < 1.29 is 5.11 Å². The van der Waals surface area contributed by atoms with E-state index in [9.17, 15) is 5.11 Å². The van der Waals surface area contributed by atoms with Gasteiger partial charge in [0.1, 0.15) is 5.60 Å². The molecule has 0 unspecified atom stereocenters. The van der Waals surface area contributed by atoms with Gasteiger partial charge in [-0.3, -0.25) is 0 Å². The average Bonchev–Trinajstić information content (AvgIpc) is 2.80. The Kier molecular flexibility index (Phi) is 1.86. The van der Waals surface area contributed by atoms with Crippen molar-refractivity contribution in [2.45, 2.75) is 18.4 Å². The lowest BCUT2D eigenvalue weighted by Crippen LogP contribution is -2.08. The standard InChI is InChI=1S/C12H12O/c1-2-12(13)9-11(12)8-10-6-4-3-5-7-10/h1,3-7,11,13H,8-9H2/t11-,12-/m1/s1. The summed E-state index contributed by atoms with van der Waals surface area (Å²) in [5.74, 6) is 2.70. The van der Waals surface area contributed by atoms with Crippen molar-refractivity contribution >= 4 is 0 Å². The number of aliphatic hydroxyl groups is 1. The van der Waals surface area contributed by atoms with Crippen LogP contribution in [-0.2, 0) is 6.42 Å². The van der Waals surface area contributed by atoms with E-state index in [1.165, 1.54) is 5.56 Å². The summed E-state index contributed by atoms with van der Waals surface area (Å²) < 4.78 is 0. The fourth-order valence-electron chi connectivity index (χ4n) is 1.63. The predicted octanol–water partition coefficient (Wildman–Crippen LogP) is 1.61. The van der Waals surface area contributed by atoms with E-state index in [1.54, 1.807) is 0 Å². The summed E-state index contributed by atoms with van der Waals surface area (Å²) in [5.41, 5.74) is 0.439. The molecule has 0 spiro atoms. The zero-order valence-electron chi connectivity index (χ0n) is 7.40. The number of rotatable bonds is 2. The summed E-state index contributed by atoms with van der Waals surface area (Å²) in [4.78, 5) is 0. The van der Waals surface area contributed by atoms with Gasteiger partial charge in [0.15, 0.2) is 0 Å². The van der Waals surface area contributed by atoms with Crippen LogP contribution in [0.2, 0.25) is 0 Å². The fourth-order valence-corrected chi connectivity index (χ4v) is 1.63. The normalized spacial score (nSPS) is 30.9. The Labute approximate surface area is 78.4 Å². The second kappa shape index (κ2) is 2.90. The van der Waals surface area contributed by atoms with Gasteiger partial charge in [0.2, 0.25) is 0 Å². The molecule has 1 aliphatic carbocycles. The molecule has 1 fully saturated rings. The molecule has 1 aromatic carbocycles. The average molecular weight is 172 g/mol. The summed E-state index contributed by atoms with van der Waals surface area (Å²) in [5, 5.41) is 9.62. The monoisotopic (exact) mass is 172 g/mol. The molecule has 1 saturated carbocycles. The molecule has 0 saturated heterocycles. The molecule has 1 aliphatic rings. The molecule has 2 rings (SSSR count). The van der Waals surface area contributed by atoms with E-state index in [4.69, 9.17) is 6.42 Å². The first-order valence-electron chi connectivity index (χ1n) is 4.49. The molecule has 0 bridgehead atoms. The molecule has 13 heavy (non-hydrogen) atoms. The van der Waals surface area contributed by atoms with Crippen LogP contribution in [0.4, 0.5) is 0 Å². The molecule has 0 aromatic heterocycles. The first-order valence-corrected chi connectivity index (χ1v) is 4.49. The fraction of sp³-hybridized carbons (Fsp3) is 0.333. The second-order valence-corrected chi connectivity index (χ2v) is 3.66. The molecule has 2 atom stereocenters. The highest BCUT2D eigenvalue weighted by Crippen LogP contribution is 2.44. The first kappa shape index (κ1) is 8.34. The molecular formula is C12H12O. The van der Waals surface area contributed by atoms with Gasteiger partial charge >= 0.3 is 0 Å². The Bertz CT molecular complexity index is 336. The van der Waals surface area contributed by atoms with Crippen LogP contribution in [-0.4, -0.2) is 10.7 Å². The Morgan fingerprint density at radius 3 is 2.69 bits per heavy atom.